The molecule has 6 heavy (non-hydrogen) atoms. The third-order valence-electron chi connectivity index (χ3n) is 0.308. The van der Waals surface area contributed by atoms with Crippen LogP contribution in [0.25, 0.3) is 0 Å². The first kappa shape index (κ1) is 5.46. The van der Waals surface area contributed by atoms with E-state index in [1.165, 1.54) is 12.3 Å². The fourth-order valence-electron chi connectivity index (χ4n) is 0.114. The van der Waals surface area contributed by atoms with E-state index in [0.29, 0.717) is 0 Å². The van der Waals surface area contributed by atoms with Crippen molar-refractivity contribution in [3.05, 3.63) is 12.3 Å². The van der Waals surface area contributed by atoms with Crippen LogP contribution in [-0.2, 0) is 0 Å². The molecule has 0 aromatic carbocycles. The first-order valence-electron chi connectivity index (χ1n) is 1.59. The first-order valence-corrected chi connectivity index (χ1v) is 1.59. The Morgan fingerprint density at radius 3 is 2.17 bits per heavy atom. The highest BCUT2D eigenvalue weighted by Crippen LogP contribution is 1.65. The van der Waals surface area contributed by atoms with Crippen molar-refractivity contribution in [2.75, 3.05) is 0 Å². The normalized spacial score (nSPS) is 15.7. The number of hydrogen-bond acceptors (Lipinski definition) is 3. The van der Waals surface area contributed by atoms with Gasteiger partial charge in [-0.25, -0.2) is 0 Å². The third-order valence-corrected chi connectivity index (χ3v) is 0.308. The van der Waals surface area contributed by atoms with Crippen LogP contribution in [0.1, 0.15) is 0 Å². The minimum absolute atomic E-state index is 0.907. The number of hydrogen-bond donors (Lipinski definition) is 3. The summed E-state index contributed by atoms with van der Waals surface area (Å²) in [6.45, 7) is 0. The Morgan fingerprint density at radius 2 is 2.17 bits per heavy atom. The van der Waals surface area contributed by atoms with E-state index in [-0.39, 0.29) is 0 Å². The van der Waals surface area contributed by atoms with Crippen molar-refractivity contribution >= 4 is 0 Å². The van der Waals surface area contributed by atoms with Gasteiger partial charge in [-0.3, -0.25) is 0 Å². The Labute approximate surface area is 36.3 Å². The molecule has 0 saturated carbocycles. The zero-order valence-corrected chi connectivity index (χ0v) is 3.33. The van der Waals surface area contributed by atoms with Gasteiger partial charge in [0, 0.05) is 0 Å². The van der Waals surface area contributed by atoms with E-state index in [0.717, 1.165) is 0 Å². The molecule has 0 amide bonds. The summed E-state index contributed by atoms with van der Waals surface area (Å²) in [5.41, 5.74) is 9.60. The molecule has 0 fully saturated rings. The average molecular weight is 88.1 g/mol. The van der Waals surface area contributed by atoms with Gasteiger partial charge in [0.25, 0.3) is 0 Å². The second kappa shape index (κ2) is 2.68. The minimum Gasteiger partial charge on any atom is -0.405 e. The van der Waals surface area contributed by atoms with E-state index in [2.05, 4.69) is 0 Å². The second-order valence-electron chi connectivity index (χ2n) is 0.875. The fourth-order valence-corrected chi connectivity index (χ4v) is 0.114. The lowest BCUT2D eigenvalue weighted by Gasteiger charge is -1.88. The summed E-state index contributed by atoms with van der Waals surface area (Å²) in [4.78, 5) is 0. The molecule has 5 N–H and O–H groups in total. The molecule has 0 aromatic heterocycles. The highest BCUT2D eigenvalue weighted by Gasteiger charge is 1.78. The first-order chi connectivity index (χ1) is 2.77. The van der Waals surface area contributed by atoms with E-state index in [4.69, 9.17) is 16.6 Å². The molecule has 0 aliphatic rings. The topological polar surface area (TPSA) is 72.3 Å². The van der Waals surface area contributed by atoms with E-state index >= 15 is 0 Å². The van der Waals surface area contributed by atoms with E-state index in [1.807, 2.05) is 0 Å². The van der Waals surface area contributed by atoms with Gasteiger partial charge < -0.3 is 16.6 Å². The fraction of sp³-hybridized carbons (Fsp3) is 0.333. The Bertz CT molecular complexity index is 50.8. The number of rotatable bonds is 1. The molecule has 3 nitrogen and oxygen atoms in total. The third kappa shape index (κ3) is 3.46. The Balaban J connectivity index is 3.03. The minimum atomic E-state index is -0.907. The van der Waals surface area contributed by atoms with Gasteiger partial charge in [-0.1, -0.05) is 0 Å². The van der Waals surface area contributed by atoms with Gasteiger partial charge in [0.1, 0.15) is 6.23 Å². The zero-order valence-electron chi connectivity index (χ0n) is 3.33. The smallest absolute Gasteiger partial charge is 0.123 e. The van der Waals surface area contributed by atoms with Crippen LogP contribution >= 0.6 is 0 Å². The lowest BCUT2D eigenvalue weighted by Crippen LogP contribution is -2.14. The van der Waals surface area contributed by atoms with Crippen LogP contribution in [0.5, 0.6) is 0 Å². The van der Waals surface area contributed by atoms with Crippen LogP contribution in [0.2, 0.25) is 0 Å². The molecule has 0 radical (unpaired) electrons. The maximum absolute atomic E-state index is 8.16. The Morgan fingerprint density at radius 1 is 1.67 bits per heavy atom. The standard InChI is InChI=1S/C3H8N2O/c4-2-1-3(5)6/h1-3,6H,4-5H2/b2-1-/t3-/m1/s1. The largest absolute Gasteiger partial charge is 0.405 e. The summed E-state index contributed by atoms with van der Waals surface area (Å²) >= 11 is 0. The van der Waals surface area contributed by atoms with Gasteiger partial charge >= 0.3 is 0 Å². The molecule has 36 valence electrons. The summed E-state index contributed by atoms with van der Waals surface area (Å²) in [5.74, 6) is 0. The van der Waals surface area contributed by atoms with Gasteiger partial charge in [0.05, 0.1) is 0 Å². The zero-order chi connectivity index (χ0) is 4.99. The number of aliphatic hydroxyl groups is 1. The van der Waals surface area contributed by atoms with Crippen molar-refractivity contribution in [1.82, 2.24) is 0 Å². The van der Waals surface area contributed by atoms with Gasteiger partial charge in [0.15, 0.2) is 0 Å². The molecule has 0 aliphatic carbocycles. The maximum Gasteiger partial charge on any atom is 0.123 e. The lowest BCUT2D eigenvalue weighted by atomic mass is 10.6. The molecule has 0 saturated heterocycles. The maximum atomic E-state index is 8.16. The molecular weight excluding hydrogens is 80.0 g/mol. The molecule has 0 aromatic rings. The van der Waals surface area contributed by atoms with Crippen molar-refractivity contribution < 1.29 is 5.11 Å². The monoisotopic (exact) mass is 88.1 g/mol. The van der Waals surface area contributed by atoms with Gasteiger partial charge in [-0.2, -0.15) is 0 Å². The molecule has 0 bridgehead atoms. The van der Waals surface area contributed by atoms with Crippen molar-refractivity contribution in [3.8, 4) is 0 Å². The van der Waals surface area contributed by atoms with Crippen LogP contribution < -0.4 is 11.5 Å². The molecule has 0 spiro atoms. The summed E-state index contributed by atoms with van der Waals surface area (Å²) in [7, 11) is 0. The summed E-state index contributed by atoms with van der Waals surface area (Å²) in [5, 5.41) is 8.16. The number of nitrogens with two attached hydrogens (primary N) is 2. The molecule has 0 aliphatic heterocycles. The highest BCUT2D eigenvalue weighted by molar-refractivity contribution is 4.79. The second-order valence-corrected chi connectivity index (χ2v) is 0.875. The average Bonchev–Trinajstić information content (AvgIpc) is 1.35. The van der Waals surface area contributed by atoms with Crippen molar-refractivity contribution in [2.45, 2.75) is 6.23 Å². The summed E-state index contributed by atoms with van der Waals surface area (Å²) in [6.07, 6.45) is 1.57. The predicted octanol–water partition coefficient (Wildman–Crippen LogP) is -1.26. The van der Waals surface area contributed by atoms with Gasteiger partial charge in [-0.05, 0) is 12.3 Å². The molecule has 0 rings (SSSR count). The molecule has 3 heteroatoms. The number of aliphatic hydroxyl groups excluding tert-OH is 1. The van der Waals surface area contributed by atoms with E-state index < -0.39 is 6.23 Å². The van der Waals surface area contributed by atoms with Crippen LogP contribution in [0.3, 0.4) is 0 Å². The highest BCUT2D eigenvalue weighted by atomic mass is 16.3. The van der Waals surface area contributed by atoms with Crippen LogP contribution in [0.4, 0.5) is 0 Å². The molecule has 0 heterocycles. The summed E-state index contributed by atoms with van der Waals surface area (Å²) in [6, 6.07) is 0. The van der Waals surface area contributed by atoms with Gasteiger partial charge in [-0.15, -0.1) is 0 Å². The van der Waals surface area contributed by atoms with Gasteiger partial charge in [0.2, 0.25) is 0 Å². The van der Waals surface area contributed by atoms with Crippen LogP contribution in [0, 0.1) is 0 Å². The van der Waals surface area contributed by atoms with Crippen LogP contribution in [0.15, 0.2) is 12.3 Å². The Kier molecular flexibility index (Phi) is 2.44. The molecular formula is C3H8N2O. The molecule has 1 atom stereocenters. The van der Waals surface area contributed by atoms with E-state index in [9.17, 15) is 0 Å². The summed E-state index contributed by atoms with van der Waals surface area (Å²) < 4.78 is 0. The van der Waals surface area contributed by atoms with Crippen LogP contribution in [-0.4, -0.2) is 11.3 Å². The Hall–Kier alpha value is -0.540. The van der Waals surface area contributed by atoms with E-state index in [1.54, 1.807) is 0 Å². The predicted molar refractivity (Wildman–Crippen MR) is 23.5 cm³/mol. The quantitative estimate of drug-likeness (QED) is 0.350. The molecule has 0 unspecified atom stereocenters. The van der Waals surface area contributed by atoms with Crippen molar-refractivity contribution in [2.24, 2.45) is 11.5 Å². The lowest BCUT2D eigenvalue weighted by molar-refractivity contribution is 0.231. The SMILES string of the molecule is N/C=C\[C@H](N)O. The van der Waals surface area contributed by atoms with Crippen molar-refractivity contribution in [1.29, 1.82) is 0 Å². The van der Waals surface area contributed by atoms with Crippen molar-refractivity contribution in [3.63, 3.8) is 0 Å².